The lowest BCUT2D eigenvalue weighted by molar-refractivity contribution is 0.0792. The van der Waals surface area contributed by atoms with Crippen LogP contribution in [0.1, 0.15) is 19.4 Å². The van der Waals surface area contributed by atoms with Crippen LogP contribution >= 0.6 is 0 Å². The molecule has 0 radical (unpaired) electrons. The van der Waals surface area contributed by atoms with Crippen LogP contribution in [0.4, 0.5) is 0 Å². The zero-order valence-corrected chi connectivity index (χ0v) is 8.11. The Bertz CT molecular complexity index is 463. The first-order valence-corrected chi connectivity index (χ1v) is 4.42. The Morgan fingerprint density at radius 3 is 2.64 bits per heavy atom. The SMILES string of the molecule is CC(C)(O)c1coc2c(O)cccc12. The van der Waals surface area contributed by atoms with E-state index in [1.54, 1.807) is 26.0 Å². The first-order valence-electron chi connectivity index (χ1n) is 4.42. The van der Waals surface area contributed by atoms with Gasteiger partial charge in [-0.15, -0.1) is 0 Å². The van der Waals surface area contributed by atoms with Gasteiger partial charge in [0.25, 0.3) is 0 Å². The predicted octanol–water partition coefficient (Wildman–Crippen LogP) is 2.37. The van der Waals surface area contributed by atoms with Crippen molar-refractivity contribution in [1.82, 2.24) is 0 Å². The Morgan fingerprint density at radius 1 is 1.29 bits per heavy atom. The van der Waals surface area contributed by atoms with Gasteiger partial charge in [0, 0.05) is 10.9 Å². The van der Waals surface area contributed by atoms with E-state index < -0.39 is 5.60 Å². The maximum Gasteiger partial charge on any atom is 0.175 e. The summed E-state index contributed by atoms with van der Waals surface area (Å²) in [7, 11) is 0. The molecule has 0 unspecified atom stereocenters. The molecule has 1 aromatic heterocycles. The quantitative estimate of drug-likeness (QED) is 0.729. The molecule has 1 heterocycles. The van der Waals surface area contributed by atoms with Crippen molar-refractivity contribution in [2.45, 2.75) is 19.4 Å². The molecular weight excluding hydrogens is 180 g/mol. The van der Waals surface area contributed by atoms with Crippen molar-refractivity contribution in [3.8, 4) is 5.75 Å². The third-order valence-corrected chi connectivity index (χ3v) is 2.24. The van der Waals surface area contributed by atoms with Crippen molar-refractivity contribution in [2.75, 3.05) is 0 Å². The first-order chi connectivity index (χ1) is 6.50. The number of benzene rings is 1. The monoisotopic (exact) mass is 192 g/mol. The molecule has 3 heteroatoms. The second-order valence-corrected chi connectivity index (χ2v) is 3.86. The summed E-state index contributed by atoms with van der Waals surface area (Å²) in [6.07, 6.45) is 1.48. The van der Waals surface area contributed by atoms with Gasteiger partial charge in [0.15, 0.2) is 11.3 Å². The number of rotatable bonds is 1. The molecule has 0 atom stereocenters. The Kier molecular flexibility index (Phi) is 1.79. The standard InChI is InChI=1S/C11H12O3/c1-11(2,13)8-6-14-10-7(8)4-3-5-9(10)12/h3-6,12-13H,1-2H3. The summed E-state index contributed by atoms with van der Waals surface area (Å²) in [5.41, 5.74) is 0.145. The second-order valence-electron chi connectivity index (χ2n) is 3.86. The van der Waals surface area contributed by atoms with E-state index in [1.165, 1.54) is 6.26 Å². The number of aliphatic hydroxyl groups is 1. The van der Waals surface area contributed by atoms with Crippen molar-refractivity contribution in [1.29, 1.82) is 0 Å². The van der Waals surface area contributed by atoms with E-state index in [1.807, 2.05) is 6.07 Å². The molecule has 0 bridgehead atoms. The number of furan rings is 1. The maximum atomic E-state index is 9.83. The number of fused-ring (bicyclic) bond motifs is 1. The minimum Gasteiger partial charge on any atom is -0.504 e. The molecule has 14 heavy (non-hydrogen) atoms. The molecule has 2 aromatic rings. The average molecular weight is 192 g/mol. The largest absolute Gasteiger partial charge is 0.504 e. The summed E-state index contributed by atoms with van der Waals surface area (Å²) < 4.78 is 5.20. The van der Waals surface area contributed by atoms with Crippen molar-refractivity contribution in [2.24, 2.45) is 0 Å². The summed E-state index contributed by atoms with van der Waals surface area (Å²) in [5, 5.41) is 20.0. The van der Waals surface area contributed by atoms with Crippen LogP contribution in [0.25, 0.3) is 11.0 Å². The lowest BCUT2D eigenvalue weighted by Crippen LogP contribution is -2.14. The Hall–Kier alpha value is -1.48. The summed E-state index contributed by atoms with van der Waals surface area (Å²) in [4.78, 5) is 0. The van der Waals surface area contributed by atoms with Crippen LogP contribution in [0.3, 0.4) is 0 Å². The van der Waals surface area contributed by atoms with Gasteiger partial charge in [-0.25, -0.2) is 0 Å². The van der Waals surface area contributed by atoms with E-state index >= 15 is 0 Å². The smallest absolute Gasteiger partial charge is 0.175 e. The van der Waals surface area contributed by atoms with E-state index in [-0.39, 0.29) is 5.75 Å². The molecule has 0 spiro atoms. The molecule has 0 saturated carbocycles. The van der Waals surface area contributed by atoms with Gasteiger partial charge < -0.3 is 14.6 Å². The van der Waals surface area contributed by atoms with Crippen LogP contribution in [-0.2, 0) is 5.60 Å². The number of phenolic OH excluding ortho intramolecular Hbond substituents is 1. The van der Waals surface area contributed by atoms with Crippen molar-refractivity contribution < 1.29 is 14.6 Å². The van der Waals surface area contributed by atoms with Crippen LogP contribution in [-0.4, -0.2) is 10.2 Å². The van der Waals surface area contributed by atoms with Crippen LogP contribution < -0.4 is 0 Å². The Labute approximate surface area is 81.6 Å². The molecule has 74 valence electrons. The van der Waals surface area contributed by atoms with E-state index in [9.17, 15) is 10.2 Å². The van der Waals surface area contributed by atoms with Gasteiger partial charge in [0.2, 0.25) is 0 Å². The van der Waals surface area contributed by atoms with E-state index in [0.717, 1.165) is 5.39 Å². The van der Waals surface area contributed by atoms with Crippen molar-refractivity contribution >= 4 is 11.0 Å². The lowest BCUT2D eigenvalue weighted by Gasteiger charge is -2.14. The molecule has 0 aliphatic heterocycles. The van der Waals surface area contributed by atoms with Gasteiger partial charge in [0.05, 0.1) is 11.9 Å². The fourth-order valence-electron chi connectivity index (χ4n) is 1.52. The molecule has 0 fully saturated rings. The van der Waals surface area contributed by atoms with E-state index in [0.29, 0.717) is 11.1 Å². The van der Waals surface area contributed by atoms with Crippen molar-refractivity contribution in [3.63, 3.8) is 0 Å². The zero-order chi connectivity index (χ0) is 10.3. The highest BCUT2D eigenvalue weighted by Gasteiger charge is 2.22. The topological polar surface area (TPSA) is 53.6 Å². The summed E-state index contributed by atoms with van der Waals surface area (Å²) >= 11 is 0. The normalized spacial score (nSPS) is 12.2. The number of hydrogen-bond acceptors (Lipinski definition) is 3. The highest BCUT2D eigenvalue weighted by molar-refractivity contribution is 5.86. The molecule has 3 nitrogen and oxygen atoms in total. The van der Waals surface area contributed by atoms with Gasteiger partial charge >= 0.3 is 0 Å². The van der Waals surface area contributed by atoms with E-state index in [2.05, 4.69) is 0 Å². The van der Waals surface area contributed by atoms with Gasteiger partial charge in [0.1, 0.15) is 0 Å². The van der Waals surface area contributed by atoms with Crippen LogP contribution in [0.2, 0.25) is 0 Å². The fourth-order valence-corrected chi connectivity index (χ4v) is 1.52. The van der Waals surface area contributed by atoms with Crippen LogP contribution in [0, 0.1) is 0 Å². The molecule has 0 aliphatic carbocycles. The lowest BCUT2D eigenvalue weighted by atomic mass is 9.98. The minimum absolute atomic E-state index is 0.0954. The zero-order valence-electron chi connectivity index (χ0n) is 8.11. The summed E-state index contributed by atoms with van der Waals surface area (Å²) in [6.45, 7) is 3.36. The van der Waals surface area contributed by atoms with Gasteiger partial charge in [-0.05, 0) is 19.9 Å². The van der Waals surface area contributed by atoms with Crippen molar-refractivity contribution in [3.05, 3.63) is 30.0 Å². The van der Waals surface area contributed by atoms with Gasteiger partial charge in [-0.1, -0.05) is 12.1 Å². The molecule has 1 aromatic carbocycles. The van der Waals surface area contributed by atoms with Gasteiger partial charge in [-0.2, -0.15) is 0 Å². The number of para-hydroxylation sites is 1. The number of aromatic hydroxyl groups is 1. The highest BCUT2D eigenvalue weighted by Crippen LogP contribution is 2.34. The molecule has 2 rings (SSSR count). The third kappa shape index (κ3) is 1.26. The fraction of sp³-hybridized carbons (Fsp3) is 0.273. The molecule has 0 amide bonds. The number of phenols is 1. The second kappa shape index (κ2) is 2.75. The summed E-state index contributed by atoms with van der Waals surface area (Å²) in [5.74, 6) is 0.0954. The van der Waals surface area contributed by atoms with Gasteiger partial charge in [-0.3, -0.25) is 0 Å². The average Bonchev–Trinajstić information content (AvgIpc) is 2.47. The molecular formula is C11H12O3. The first kappa shape index (κ1) is 9.09. The molecule has 0 aliphatic rings. The third-order valence-electron chi connectivity index (χ3n) is 2.24. The minimum atomic E-state index is -0.959. The van der Waals surface area contributed by atoms with E-state index in [4.69, 9.17) is 4.42 Å². The predicted molar refractivity (Wildman–Crippen MR) is 53.1 cm³/mol. The Balaban J connectivity index is 2.76. The summed E-state index contributed by atoms with van der Waals surface area (Å²) in [6, 6.07) is 5.09. The molecule has 0 saturated heterocycles. The van der Waals surface area contributed by atoms with Crippen LogP contribution in [0.15, 0.2) is 28.9 Å². The number of hydrogen-bond donors (Lipinski definition) is 2. The highest BCUT2D eigenvalue weighted by atomic mass is 16.3. The maximum absolute atomic E-state index is 9.83. The van der Waals surface area contributed by atoms with Crippen LogP contribution in [0.5, 0.6) is 5.75 Å². The molecule has 2 N–H and O–H groups in total. The Morgan fingerprint density at radius 2 is 2.00 bits per heavy atom.